The molecule has 4 rings (SSSR count). The van der Waals surface area contributed by atoms with Gasteiger partial charge in [0.05, 0.1) is 6.42 Å². The van der Waals surface area contributed by atoms with Crippen molar-refractivity contribution in [3.63, 3.8) is 0 Å². The molecular weight excluding hydrogens is 703 g/mol. The zero-order valence-corrected chi connectivity index (χ0v) is 28.3. The van der Waals surface area contributed by atoms with Gasteiger partial charge in [0.15, 0.2) is 0 Å². The fourth-order valence-electron chi connectivity index (χ4n) is 4.79. The highest BCUT2D eigenvalue weighted by molar-refractivity contribution is 9.10. The first-order chi connectivity index (χ1) is 23.4. The van der Waals surface area contributed by atoms with Crippen molar-refractivity contribution in [2.24, 2.45) is 5.73 Å². The molecule has 0 aliphatic heterocycles. The Labute approximate surface area is 291 Å². The maximum atomic E-state index is 13.6. The van der Waals surface area contributed by atoms with Crippen molar-refractivity contribution < 1.29 is 37.8 Å². The number of halogens is 4. The van der Waals surface area contributed by atoms with Crippen LogP contribution >= 0.6 is 15.9 Å². The van der Waals surface area contributed by atoms with Crippen LogP contribution in [0.2, 0.25) is 0 Å². The van der Waals surface area contributed by atoms with Crippen LogP contribution in [0, 0.1) is 0 Å². The van der Waals surface area contributed by atoms with E-state index in [4.69, 9.17) is 15.6 Å². The summed E-state index contributed by atoms with van der Waals surface area (Å²) in [6.07, 6.45) is -1.25. The molecular formula is C37H39BrF3N3O5. The Morgan fingerprint density at radius 1 is 0.816 bits per heavy atom. The monoisotopic (exact) mass is 741 g/mol. The van der Waals surface area contributed by atoms with E-state index in [9.17, 15) is 27.9 Å². The van der Waals surface area contributed by atoms with Crippen LogP contribution in [0.25, 0.3) is 11.1 Å². The van der Waals surface area contributed by atoms with E-state index in [1.807, 2.05) is 83.8 Å². The predicted molar refractivity (Wildman–Crippen MR) is 186 cm³/mol. The van der Waals surface area contributed by atoms with Crippen LogP contribution < -0.4 is 11.1 Å². The summed E-state index contributed by atoms with van der Waals surface area (Å²) in [6, 6.07) is 30.7. The molecule has 2 amide bonds. The molecule has 0 heterocycles. The van der Waals surface area contributed by atoms with E-state index in [2.05, 4.69) is 27.3 Å². The van der Waals surface area contributed by atoms with Gasteiger partial charge in [-0.2, -0.15) is 13.2 Å². The highest BCUT2D eigenvalue weighted by Crippen LogP contribution is 2.24. The van der Waals surface area contributed by atoms with Crippen LogP contribution in [0.4, 0.5) is 13.2 Å². The van der Waals surface area contributed by atoms with Crippen LogP contribution in [0.15, 0.2) is 102 Å². The van der Waals surface area contributed by atoms with Crippen LogP contribution in [0.3, 0.4) is 0 Å². The maximum Gasteiger partial charge on any atom is 0.490 e. The van der Waals surface area contributed by atoms with E-state index in [1.54, 1.807) is 12.1 Å². The minimum Gasteiger partial charge on any atom is -0.508 e. The first-order valence-corrected chi connectivity index (χ1v) is 16.4. The summed E-state index contributed by atoms with van der Waals surface area (Å²) in [5.74, 6) is -2.58. The third kappa shape index (κ3) is 13.4. The van der Waals surface area contributed by atoms with Crippen molar-refractivity contribution in [2.45, 2.75) is 44.8 Å². The summed E-state index contributed by atoms with van der Waals surface area (Å²) >= 11 is 3.57. The molecule has 4 aromatic rings. The van der Waals surface area contributed by atoms with Crippen molar-refractivity contribution in [1.82, 2.24) is 10.2 Å². The summed E-state index contributed by atoms with van der Waals surface area (Å²) in [7, 11) is 0. The standard InChI is InChI=1S/C35H38BrN3O3.C2HF3O2/c36-33-13-3-2-9-30(33)24-34(41)39(21-18-26-14-16-32(40)17-15-26)25-27-8-6-10-28(22-27)29-11-7-12-31(23-29)35(42)38-20-5-1-4-19-37;3-2(4,5)1(6)7/h2-3,6-17,22-23,40H,1,4-5,18-21,24-25,37H2,(H,38,42);(H,6,7). The van der Waals surface area contributed by atoms with Gasteiger partial charge in [-0.1, -0.05) is 83.0 Å². The molecule has 12 heteroatoms. The molecule has 49 heavy (non-hydrogen) atoms. The number of aliphatic carboxylic acids is 1. The van der Waals surface area contributed by atoms with Gasteiger partial charge in [0.2, 0.25) is 5.91 Å². The summed E-state index contributed by atoms with van der Waals surface area (Å²) in [6.45, 7) is 2.30. The fraction of sp³-hybridized carbons (Fsp3) is 0.270. The number of nitrogens with one attached hydrogen (secondary N) is 1. The van der Waals surface area contributed by atoms with Gasteiger partial charge in [-0.05, 0) is 90.0 Å². The molecule has 5 N–H and O–H groups in total. The molecule has 0 unspecified atom stereocenters. The van der Waals surface area contributed by atoms with Crippen molar-refractivity contribution >= 4 is 33.7 Å². The average Bonchev–Trinajstić information content (AvgIpc) is 3.08. The summed E-state index contributed by atoms with van der Waals surface area (Å²) in [5, 5.41) is 19.8. The highest BCUT2D eigenvalue weighted by atomic mass is 79.9. The number of carboxylic acids is 1. The van der Waals surface area contributed by atoms with E-state index in [0.29, 0.717) is 44.6 Å². The molecule has 4 aromatic carbocycles. The number of hydrogen-bond donors (Lipinski definition) is 4. The number of rotatable bonds is 14. The summed E-state index contributed by atoms with van der Waals surface area (Å²) in [5.41, 5.74) is 11.1. The van der Waals surface area contributed by atoms with Gasteiger partial charge in [-0.25, -0.2) is 4.79 Å². The molecule has 0 radical (unpaired) electrons. The number of alkyl halides is 3. The molecule has 0 aliphatic carbocycles. The number of hydrogen-bond acceptors (Lipinski definition) is 5. The second kappa shape index (κ2) is 19.4. The number of phenols is 1. The fourth-order valence-corrected chi connectivity index (χ4v) is 5.22. The van der Waals surface area contributed by atoms with E-state index >= 15 is 0 Å². The van der Waals surface area contributed by atoms with Crippen LogP contribution in [0.5, 0.6) is 5.75 Å². The van der Waals surface area contributed by atoms with Gasteiger partial charge < -0.3 is 26.2 Å². The number of aromatic hydroxyl groups is 1. The Kier molecular flexibility index (Phi) is 15.3. The molecule has 0 spiro atoms. The number of amides is 2. The largest absolute Gasteiger partial charge is 0.508 e. The number of carbonyl (C=O) groups is 3. The Hall–Kier alpha value is -4.68. The Morgan fingerprint density at radius 2 is 1.47 bits per heavy atom. The molecule has 0 saturated carbocycles. The van der Waals surface area contributed by atoms with Gasteiger partial charge in [-0.3, -0.25) is 9.59 Å². The summed E-state index contributed by atoms with van der Waals surface area (Å²) < 4.78 is 32.7. The lowest BCUT2D eigenvalue weighted by Crippen LogP contribution is -2.33. The Morgan fingerprint density at radius 3 is 2.12 bits per heavy atom. The lowest BCUT2D eigenvalue weighted by Gasteiger charge is -2.24. The van der Waals surface area contributed by atoms with Crippen molar-refractivity contribution in [2.75, 3.05) is 19.6 Å². The van der Waals surface area contributed by atoms with E-state index in [-0.39, 0.29) is 17.6 Å². The Bertz CT molecular complexity index is 1680. The molecule has 0 aromatic heterocycles. The maximum absolute atomic E-state index is 13.6. The second-order valence-electron chi connectivity index (χ2n) is 11.2. The first kappa shape index (κ1) is 38.8. The lowest BCUT2D eigenvalue weighted by atomic mass is 10.0. The molecule has 0 fully saturated rings. The SMILES string of the molecule is NCCCCCNC(=O)c1cccc(-c2cccc(CN(CCc3ccc(O)cc3)C(=O)Cc3ccccc3Br)c2)c1.O=C(O)C(F)(F)F. The molecule has 0 saturated heterocycles. The first-order valence-electron chi connectivity index (χ1n) is 15.6. The number of phenolic OH excluding ortho intramolecular Hbond substituents is 1. The normalized spacial score (nSPS) is 10.9. The quantitative estimate of drug-likeness (QED) is 0.102. The van der Waals surface area contributed by atoms with Crippen LogP contribution in [-0.4, -0.2) is 58.7 Å². The third-order valence-corrected chi connectivity index (χ3v) is 8.20. The number of nitrogens with two attached hydrogens (primary N) is 1. The third-order valence-electron chi connectivity index (χ3n) is 7.43. The van der Waals surface area contributed by atoms with E-state index in [0.717, 1.165) is 51.6 Å². The zero-order valence-electron chi connectivity index (χ0n) is 26.8. The van der Waals surface area contributed by atoms with Crippen molar-refractivity contribution in [3.8, 4) is 16.9 Å². The van der Waals surface area contributed by atoms with Gasteiger partial charge in [0.25, 0.3) is 5.91 Å². The molecule has 8 nitrogen and oxygen atoms in total. The number of benzene rings is 4. The van der Waals surface area contributed by atoms with Gasteiger partial charge in [-0.15, -0.1) is 0 Å². The van der Waals surface area contributed by atoms with E-state index in [1.165, 1.54) is 0 Å². The predicted octanol–water partition coefficient (Wildman–Crippen LogP) is 7.13. The minimum atomic E-state index is -5.08. The molecule has 0 aliphatic rings. The van der Waals surface area contributed by atoms with E-state index < -0.39 is 12.1 Å². The Balaban J connectivity index is 0.000000838. The topological polar surface area (TPSA) is 133 Å². The van der Waals surface area contributed by atoms with Crippen molar-refractivity contribution in [1.29, 1.82) is 0 Å². The van der Waals surface area contributed by atoms with Crippen LogP contribution in [-0.2, 0) is 29.0 Å². The number of carboxylic acid groups (broad SMARTS) is 1. The zero-order chi connectivity index (χ0) is 35.8. The minimum absolute atomic E-state index is 0.0382. The van der Waals surface area contributed by atoms with Gasteiger partial charge >= 0.3 is 12.1 Å². The van der Waals surface area contributed by atoms with Gasteiger partial charge in [0.1, 0.15) is 5.75 Å². The smallest absolute Gasteiger partial charge is 0.490 e. The molecule has 260 valence electrons. The summed E-state index contributed by atoms with van der Waals surface area (Å²) in [4.78, 5) is 37.1. The van der Waals surface area contributed by atoms with Crippen molar-refractivity contribution in [3.05, 3.63) is 124 Å². The second-order valence-corrected chi connectivity index (χ2v) is 12.0. The highest BCUT2D eigenvalue weighted by Gasteiger charge is 2.38. The molecule has 0 bridgehead atoms. The lowest BCUT2D eigenvalue weighted by molar-refractivity contribution is -0.192. The average molecular weight is 743 g/mol. The number of unbranched alkanes of at least 4 members (excludes halogenated alkanes) is 2. The number of nitrogens with zero attached hydrogens (tertiary/aromatic N) is 1. The number of carbonyl (C=O) groups excluding carboxylic acids is 2. The van der Waals surface area contributed by atoms with Gasteiger partial charge in [0, 0.05) is 29.7 Å². The van der Waals surface area contributed by atoms with Crippen LogP contribution in [0.1, 0.15) is 46.3 Å². The molecule has 0 atom stereocenters.